The molecule has 1 aliphatic rings. The Labute approximate surface area is 124 Å². The van der Waals surface area contributed by atoms with Crippen LogP contribution in [0.5, 0.6) is 0 Å². The summed E-state index contributed by atoms with van der Waals surface area (Å²) in [6.45, 7) is 0. The van der Waals surface area contributed by atoms with Crippen LogP contribution in [0.1, 0.15) is 11.1 Å². The Balaban J connectivity index is 1.57. The van der Waals surface area contributed by atoms with Gasteiger partial charge < -0.3 is 4.52 Å². The Hall–Kier alpha value is -1.97. The largest absolute Gasteiger partial charge is 0.318 e. The Morgan fingerprint density at radius 2 is 1.52 bits per heavy atom. The van der Waals surface area contributed by atoms with E-state index in [2.05, 4.69) is 34.2 Å². The molecule has 0 saturated carbocycles. The minimum atomic E-state index is -0.982. The summed E-state index contributed by atoms with van der Waals surface area (Å²) in [6.07, 6.45) is 13.2. The lowest BCUT2D eigenvalue weighted by Crippen LogP contribution is -2.14. The molecule has 106 valence electrons. The maximum atomic E-state index is 6.39. The third-order valence-corrected chi connectivity index (χ3v) is 5.38. The quantitative estimate of drug-likeness (QED) is 0.696. The van der Waals surface area contributed by atoms with E-state index in [1.54, 1.807) is 25.0 Å². The second-order valence-electron chi connectivity index (χ2n) is 5.04. The summed E-state index contributed by atoms with van der Waals surface area (Å²) >= 11 is 0. The first kappa shape index (κ1) is 12.7. The zero-order valence-corrected chi connectivity index (χ0v) is 12.3. The molecule has 1 aliphatic carbocycles. The minimum absolute atomic E-state index is 0.207. The summed E-state index contributed by atoms with van der Waals surface area (Å²) in [7, 11) is -0.982. The van der Waals surface area contributed by atoms with Gasteiger partial charge in [-0.2, -0.15) is 0 Å². The van der Waals surface area contributed by atoms with Gasteiger partial charge in [-0.3, -0.25) is 8.68 Å². The summed E-state index contributed by atoms with van der Waals surface area (Å²) < 4.78 is 10.4. The standard InChI is InChI=1S/C15H15N4OP/c1-2-4-14-10-15(9-13(14)3-1)20-21(18-7-5-16-11-18)19-8-6-17-12-19/h1-8,11-12,15H,9-10H2. The van der Waals surface area contributed by atoms with Gasteiger partial charge in [0.05, 0.1) is 6.10 Å². The average molecular weight is 298 g/mol. The van der Waals surface area contributed by atoms with E-state index in [1.807, 2.05) is 21.1 Å². The van der Waals surface area contributed by atoms with Gasteiger partial charge >= 0.3 is 0 Å². The van der Waals surface area contributed by atoms with E-state index in [1.165, 1.54) is 11.1 Å². The molecule has 0 unspecified atom stereocenters. The Bertz CT molecular complexity index is 652. The van der Waals surface area contributed by atoms with E-state index in [4.69, 9.17) is 4.52 Å². The van der Waals surface area contributed by atoms with E-state index >= 15 is 0 Å². The fraction of sp³-hybridized carbons (Fsp3) is 0.200. The van der Waals surface area contributed by atoms with Crippen LogP contribution < -0.4 is 0 Å². The van der Waals surface area contributed by atoms with E-state index in [0.29, 0.717) is 0 Å². The molecule has 0 aliphatic heterocycles. The number of hydrogen-bond donors (Lipinski definition) is 0. The normalized spacial score (nSPS) is 14.7. The van der Waals surface area contributed by atoms with Crippen LogP contribution in [0, 0.1) is 0 Å². The molecule has 21 heavy (non-hydrogen) atoms. The first-order valence-corrected chi connectivity index (χ1v) is 8.07. The van der Waals surface area contributed by atoms with Crippen molar-refractivity contribution in [1.29, 1.82) is 0 Å². The lowest BCUT2D eigenvalue weighted by molar-refractivity contribution is 0.232. The molecular formula is C15H15N4OP. The predicted octanol–water partition coefficient (Wildman–Crippen LogP) is 2.89. The van der Waals surface area contributed by atoms with Gasteiger partial charge in [-0.1, -0.05) is 24.3 Å². The second-order valence-corrected chi connectivity index (χ2v) is 6.68. The van der Waals surface area contributed by atoms with Crippen molar-refractivity contribution >= 4 is 8.45 Å². The van der Waals surface area contributed by atoms with Crippen LogP contribution in [-0.2, 0) is 17.4 Å². The van der Waals surface area contributed by atoms with Crippen LogP contribution in [0.2, 0.25) is 0 Å². The molecular weight excluding hydrogens is 283 g/mol. The van der Waals surface area contributed by atoms with Crippen molar-refractivity contribution in [3.05, 3.63) is 72.8 Å². The maximum absolute atomic E-state index is 6.39. The lowest BCUT2D eigenvalue weighted by Gasteiger charge is -2.22. The smallest absolute Gasteiger partial charge is 0.259 e. The van der Waals surface area contributed by atoms with E-state index in [0.717, 1.165) is 12.8 Å². The van der Waals surface area contributed by atoms with E-state index in [9.17, 15) is 0 Å². The number of hydrogen-bond acceptors (Lipinski definition) is 3. The van der Waals surface area contributed by atoms with Gasteiger partial charge in [0, 0.05) is 24.8 Å². The minimum Gasteiger partial charge on any atom is -0.318 e. The monoisotopic (exact) mass is 298 g/mol. The van der Waals surface area contributed by atoms with Gasteiger partial charge in [-0.15, -0.1) is 0 Å². The molecule has 0 spiro atoms. The maximum Gasteiger partial charge on any atom is 0.259 e. The van der Waals surface area contributed by atoms with Crippen LogP contribution in [0.4, 0.5) is 0 Å². The molecule has 0 fully saturated rings. The molecule has 4 rings (SSSR count). The molecule has 2 heterocycles. The number of aromatic nitrogens is 4. The van der Waals surface area contributed by atoms with Crippen LogP contribution in [0.25, 0.3) is 0 Å². The molecule has 0 bridgehead atoms. The van der Waals surface area contributed by atoms with E-state index in [-0.39, 0.29) is 6.10 Å². The van der Waals surface area contributed by atoms with Crippen LogP contribution in [-0.4, -0.2) is 24.7 Å². The van der Waals surface area contributed by atoms with Crippen LogP contribution in [0.15, 0.2) is 61.7 Å². The summed E-state index contributed by atoms with van der Waals surface area (Å²) in [4.78, 5) is 8.26. The Morgan fingerprint density at radius 3 is 2.00 bits per heavy atom. The highest BCUT2D eigenvalue weighted by Crippen LogP contribution is 2.43. The zero-order valence-electron chi connectivity index (χ0n) is 11.4. The third-order valence-electron chi connectivity index (χ3n) is 3.63. The van der Waals surface area contributed by atoms with Crippen molar-refractivity contribution < 1.29 is 4.52 Å². The average Bonchev–Trinajstić information content (AvgIpc) is 3.24. The summed E-state index contributed by atoms with van der Waals surface area (Å²) in [5.41, 5.74) is 2.79. The molecule has 0 atom stereocenters. The number of benzene rings is 1. The van der Waals surface area contributed by atoms with Crippen molar-refractivity contribution in [3.63, 3.8) is 0 Å². The molecule has 2 aromatic heterocycles. The molecule has 0 amide bonds. The van der Waals surface area contributed by atoms with Gasteiger partial charge in [-0.25, -0.2) is 9.97 Å². The first-order valence-electron chi connectivity index (χ1n) is 6.90. The summed E-state index contributed by atoms with van der Waals surface area (Å²) in [5.74, 6) is 0. The fourth-order valence-corrected chi connectivity index (χ4v) is 4.18. The summed E-state index contributed by atoms with van der Waals surface area (Å²) in [6, 6.07) is 8.57. The van der Waals surface area contributed by atoms with Gasteiger partial charge in [-0.05, 0) is 24.0 Å². The third kappa shape index (κ3) is 2.50. The van der Waals surface area contributed by atoms with Gasteiger partial charge in [0.15, 0.2) is 0 Å². The van der Waals surface area contributed by atoms with Gasteiger partial charge in [0.25, 0.3) is 8.45 Å². The van der Waals surface area contributed by atoms with Crippen molar-refractivity contribution in [2.24, 2.45) is 0 Å². The number of fused-ring (bicyclic) bond motifs is 1. The van der Waals surface area contributed by atoms with Gasteiger partial charge in [0.1, 0.15) is 12.7 Å². The van der Waals surface area contributed by atoms with Crippen LogP contribution in [0.3, 0.4) is 0 Å². The predicted molar refractivity (Wildman–Crippen MR) is 80.9 cm³/mol. The van der Waals surface area contributed by atoms with Crippen molar-refractivity contribution in [3.8, 4) is 0 Å². The fourth-order valence-electron chi connectivity index (χ4n) is 2.66. The van der Waals surface area contributed by atoms with Crippen molar-refractivity contribution in [2.45, 2.75) is 18.9 Å². The zero-order chi connectivity index (χ0) is 14.1. The number of rotatable bonds is 4. The number of imidazole rings is 2. The highest BCUT2D eigenvalue weighted by atomic mass is 31.2. The topological polar surface area (TPSA) is 44.9 Å². The van der Waals surface area contributed by atoms with Gasteiger partial charge in [0.2, 0.25) is 0 Å². The molecule has 0 radical (unpaired) electrons. The van der Waals surface area contributed by atoms with Crippen molar-refractivity contribution in [1.82, 2.24) is 18.6 Å². The SMILES string of the molecule is c1ccc2c(c1)CC(OP(n1ccnc1)n1ccnc1)C2. The highest BCUT2D eigenvalue weighted by Gasteiger charge is 2.26. The molecule has 5 nitrogen and oxygen atoms in total. The van der Waals surface area contributed by atoms with Crippen molar-refractivity contribution in [2.75, 3.05) is 0 Å². The molecule has 3 aromatic rings. The highest BCUT2D eigenvalue weighted by molar-refractivity contribution is 7.49. The second kappa shape index (κ2) is 5.43. The molecule has 6 heteroatoms. The molecule has 0 saturated heterocycles. The molecule has 1 aromatic carbocycles. The molecule has 0 N–H and O–H groups in total. The lowest BCUT2D eigenvalue weighted by atomic mass is 10.1. The summed E-state index contributed by atoms with van der Waals surface area (Å²) in [5, 5.41) is 0. The first-order chi connectivity index (χ1) is 10.4. The van der Waals surface area contributed by atoms with E-state index < -0.39 is 8.45 Å². The Morgan fingerprint density at radius 1 is 0.952 bits per heavy atom. The number of nitrogens with zero attached hydrogens (tertiary/aromatic N) is 4. The Kier molecular flexibility index (Phi) is 3.30. The van der Waals surface area contributed by atoms with Crippen LogP contribution >= 0.6 is 8.45 Å².